The van der Waals surface area contributed by atoms with Crippen LogP contribution in [0.25, 0.3) is 0 Å². The number of fused-ring (bicyclic) bond motifs is 1. The van der Waals surface area contributed by atoms with Gasteiger partial charge in [0.25, 0.3) is 0 Å². The Morgan fingerprint density at radius 2 is 1.88 bits per heavy atom. The van der Waals surface area contributed by atoms with E-state index in [1.165, 1.54) is 22.9 Å². The summed E-state index contributed by atoms with van der Waals surface area (Å²) < 4.78 is 77.0. The highest BCUT2D eigenvalue weighted by atomic mass is 19.4. The van der Waals surface area contributed by atoms with Crippen LogP contribution in [0.5, 0.6) is 0 Å². The topological polar surface area (TPSA) is 56.1 Å². The number of benzene rings is 1. The standard InChI is InChI=1S/C23H26F5N3O2/c1-21(2,3)33-20(32)30-16-8-7-13(14-5-4-6-15(24)18(14)25)12-31-17(11-29-19(16)31)22(9-10-22)23(26,27)28/h4-6,11,13,16H,7-10,12H2,1-3H3,(H,30,32)/t13-,16-/m1/s1. The number of aromatic nitrogens is 2. The van der Waals surface area contributed by atoms with Crippen molar-refractivity contribution in [3.05, 3.63) is 53.1 Å². The fourth-order valence-corrected chi connectivity index (χ4v) is 4.54. The van der Waals surface area contributed by atoms with Gasteiger partial charge in [-0.3, -0.25) is 0 Å². The zero-order valence-electron chi connectivity index (χ0n) is 18.6. The number of halogens is 5. The van der Waals surface area contributed by atoms with Gasteiger partial charge in [-0.15, -0.1) is 0 Å². The van der Waals surface area contributed by atoms with Crippen LogP contribution >= 0.6 is 0 Å². The van der Waals surface area contributed by atoms with E-state index >= 15 is 0 Å². The molecule has 1 aliphatic carbocycles. The predicted octanol–water partition coefficient (Wildman–Crippen LogP) is 5.90. The van der Waals surface area contributed by atoms with Crippen LogP contribution in [0.15, 0.2) is 24.4 Å². The Morgan fingerprint density at radius 3 is 2.48 bits per heavy atom. The molecule has 1 fully saturated rings. The van der Waals surface area contributed by atoms with E-state index in [4.69, 9.17) is 4.74 Å². The van der Waals surface area contributed by atoms with E-state index in [1.54, 1.807) is 20.8 Å². The summed E-state index contributed by atoms with van der Waals surface area (Å²) in [5.41, 5.74) is -2.69. The molecular formula is C23H26F5N3O2. The highest BCUT2D eigenvalue weighted by Crippen LogP contribution is 2.59. The van der Waals surface area contributed by atoms with Gasteiger partial charge in [-0.25, -0.2) is 18.6 Å². The van der Waals surface area contributed by atoms with Gasteiger partial charge in [0.15, 0.2) is 11.6 Å². The second kappa shape index (κ2) is 7.99. The minimum atomic E-state index is -4.47. The molecule has 4 rings (SSSR count). The molecule has 10 heteroatoms. The van der Waals surface area contributed by atoms with Crippen molar-refractivity contribution in [1.82, 2.24) is 14.9 Å². The van der Waals surface area contributed by atoms with E-state index in [0.717, 1.165) is 6.07 Å². The van der Waals surface area contributed by atoms with Crippen LogP contribution < -0.4 is 5.32 Å². The van der Waals surface area contributed by atoms with Gasteiger partial charge >= 0.3 is 12.3 Å². The monoisotopic (exact) mass is 471 g/mol. The normalized spacial score (nSPS) is 22.3. The lowest BCUT2D eigenvalue weighted by Gasteiger charge is -2.24. The van der Waals surface area contributed by atoms with E-state index in [0.29, 0.717) is 6.42 Å². The van der Waals surface area contributed by atoms with Crippen LogP contribution in [0, 0.1) is 11.6 Å². The van der Waals surface area contributed by atoms with Gasteiger partial charge < -0.3 is 14.6 Å². The van der Waals surface area contributed by atoms with Crippen molar-refractivity contribution in [3.63, 3.8) is 0 Å². The van der Waals surface area contributed by atoms with Crippen molar-refractivity contribution in [1.29, 1.82) is 0 Å². The lowest BCUT2D eigenvalue weighted by molar-refractivity contribution is -0.162. The number of hydrogen-bond acceptors (Lipinski definition) is 3. The summed E-state index contributed by atoms with van der Waals surface area (Å²) in [4.78, 5) is 16.7. The van der Waals surface area contributed by atoms with Crippen LogP contribution in [-0.2, 0) is 16.7 Å². The first-order chi connectivity index (χ1) is 15.3. The van der Waals surface area contributed by atoms with Gasteiger partial charge in [-0.1, -0.05) is 12.1 Å². The number of nitrogens with one attached hydrogen (secondary N) is 1. The van der Waals surface area contributed by atoms with Gasteiger partial charge in [-0.05, 0) is 58.1 Å². The Kier molecular flexibility index (Phi) is 5.69. The molecule has 2 aliphatic rings. The number of nitrogens with zero attached hydrogens (tertiary/aromatic N) is 2. The number of amides is 1. The van der Waals surface area contributed by atoms with Gasteiger partial charge in [0, 0.05) is 18.7 Å². The molecule has 1 aliphatic heterocycles. The maximum atomic E-state index is 14.6. The third-order valence-electron chi connectivity index (χ3n) is 6.30. The van der Waals surface area contributed by atoms with Crippen LogP contribution in [0.2, 0.25) is 0 Å². The Labute approximate surface area is 188 Å². The molecule has 1 aromatic carbocycles. The molecule has 2 atom stereocenters. The second-order valence-electron chi connectivity index (χ2n) is 9.81. The number of hydrogen-bond donors (Lipinski definition) is 1. The largest absolute Gasteiger partial charge is 0.444 e. The Bertz CT molecular complexity index is 1050. The van der Waals surface area contributed by atoms with Crippen molar-refractivity contribution < 1.29 is 31.5 Å². The maximum absolute atomic E-state index is 14.6. The van der Waals surface area contributed by atoms with E-state index < -0.39 is 46.9 Å². The Balaban J connectivity index is 1.74. The lowest BCUT2D eigenvalue weighted by Crippen LogP contribution is -2.36. The van der Waals surface area contributed by atoms with Crippen molar-refractivity contribution in [2.24, 2.45) is 0 Å². The Hall–Kier alpha value is -2.65. The molecule has 5 nitrogen and oxygen atoms in total. The van der Waals surface area contributed by atoms with Crippen LogP contribution in [0.3, 0.4) is 0 Å². The molecule has 1 saturated carbocycles. The van der Waals surface area contributed by atoms with E-state index in [1.807, 2.05) is 0 Å². The average Bonchev–Trinajstić information content (AvgIpc) is 3.43. The minimum absolute atomic E-state index is 0.00459. The van der Waals surface area contributed by atoms with Gasteiger partial charge in [0.05, 0.1) is 11.7 Å². The molecule has 1 aromatic heterocycles. The molecule has 2 aromatic rings. The van der Waals surface area contributed by atoms with Crippen molar-refractivity contribution in [2.45, 2.75) is 82.2 Å². The number of rotatable bonds is 3. The highest BCUT2D eigenvalue weighted by molar-refractivity contribution is 5.68. The molecule has 1 amide bonds. The first kappa shape index (κ1) is 23.5. The Morgan fingerprint density at radius 1 is 1.18 bits per heavy atom. The predicted molar refractivity (Wildman–Crippen MR) is 110 cm³/mol. The molecule has 0 bridgehead atoms. The molecular weight excluding hydrogens is 445 g/mol. The number of carbonyl (C=O) groups excluding carboxylic acids is 1. The van der Waals surface area contributed by atoms with E-state index in [2.05, 4.69) is 10.3 Å². The van der Waals surface area contributed by atoms with E-state index in [-0.39, 0.29) is 42.9 Å². The van der Waals surface area contributed by atoms with Gasteiger partial charge in [-0.2, -0.15) is 13.2 Å². The number of ether oxygens (including phenoxy) is 1. The van der Waals surface area contributed by atoms with Crippen molar-refractivity contribution in [2.75, 3.05) is 0 Å². The summed E-state index contributed by atoms with van der Waals surface area (Å²) in [6, 6.07) is 3.08. The van der Waals surface area contributed by atoms with Crippen LogP contribution in [-0.4, -0.2) is 27.4 Å². The molecule has 33 heavy (non-hydrogen) atoms. The van der Waals surface area contributed by atoms with Crippen LogP contribution in [0.4, 0.5) is 26.7 Å². The molecule has 1 N–H and O–H groups in total. The first-order valence-electron chi connectivity index (χ1n) is 10.9. The average molecular weight is 471 g/mol. The number of imidazole rings is 1. The number of alkyl halides is 3. The molecule has 0 spiro atoms. The van der Waals surface area contributed by atoms with E-state index in [9.17, 15) is 26.7 Å². The third kappa shape index (κ3) is 4.44. The molecule has 2 heterocycles. The highest BCUT2D eigenvalue weighted by Gasteiger charge is 2.66. The van der Waals surface area contributed by atoms with Crippen molar-refractivity contribution >= 4 is 6.09 Å². The maximum Gasteiger partial charge on any atom is 0.408 e. The fourth-order valence-electron chi connectivity index (χ4n) is 4.54. The first-order valence-corrected chi connectivity index (χ1v) is 10.9. The summed E-state index contributed by atoms with van der Waals surface area (Å²) in [5.74, 6) is -2.37. The quantitative estimate of drug-likeness (QED) is 0.568. The summed E-state index contributed by atoms with van der Waals surface area (Å²) >= 11 is 0. The summed E-state index contributed by atoms with van der Waals surface area (Å²) in [7, 11) is 0. The SMILES string of the molecule is CC(C)(C)OC(=O)N[C@@H]1CC[C@@H](c2cccc(F)c2F)Cn2c(C3(C(F)(F)F)CC3)cnc21. The lowest BCUT2D eigenvalue weighted by atomic mass is 9.92. The van der Waals surface area contributed by atoms with Crippen LogP contribution in [0.1, 0.15) is 75.5 Å². The molecule has 0 unspecified atom stereocenters. The zero-order chi connectivity index (χ0) is 24.2. The molecule has 180 valence electrons. The number of carbonyl (C=O) groups is 1. The summed E-state index contributed by atoms with van der Waals surface area (Å²) in [6.07, 6.45) is -3.54. The smallest absolute Gasteiger partial charge is 0.408 e. The minimum Gasteiger partial charge on any atom is -0.444 e. The molecule has 0 saturated heterocycles. The van der Waals surface area contributed by atoms with Gasteiger partial charge in [0.2, 0.25) is 0 Å². The zero-order valence-corrected chi connectivity index (χ0v) is 18.6. The van der Waals surface area contributed by atoms with Gasteiger partial charge in [0.1, 0.15) is 16.8 Å². The summed E-state index contributed by atoms with van der Waals surface area (Å²) in [5, 5.41) is 2.70. The number of alkyl carbamates (subject to hydrolysis) is 1. The van der Waals surface area contributed by atoms with Crippen molar-refractivity contribution in [3.8, 4) is 0 Å². The second-order valence-corrected chi connectivity index (χ2v) is 9.81. The molecule has 0 radical (unpaired) electrons. The third-order valence-corrected chi connectivity index (χ3v) is 6.30. The fraction of sp³-hybridized carbons (Fsp3) is 0.565. The summed E-state index contributed by atoms with van der Waals surface area (Å²) in [6.45, 7) is 5.08.